The molecule has 14 nitrogen and oxygen atoms in total. The molecule has 9 N–H and O–H groups in total. The predicted molar refractivity (Wildman–Crippen MR) is 112 cm³/mol. The van der Waals surface area contributed by atoms with Gasteiger partial charge >= 0.3 is 17.9 Å². The molecule has 5 atom stereocenters. The Morgan fingerprint density at radius 2 is 1.18 bits per heavy atom. The number of carbonyl (C=O) groups excluding carboxylic acids is 3. The van der Waals surface area contributed by atoms with E-state index < -0.39 is 84.7 Å². The Balaban J connectivity index is 5.49. The summed E-state index contributed by atoms with van der Waals surface area (Å²) in [5.41, 5.74) is 5.52. The number of carboxylic acids is 3. The molecule has 0 saturated carbocycles. The summed E-state index contributed by atoms with van der Waals surface area (Å²) in [6, 6.07) is -5.59. The lowest BCUT2D eigenvalue weighted by Gasteiger charge is -2.27. The van der Waals surface area contributed by atoms with E-state index in [0.717, 1.165) is 0 Å². The Hall–Kier alpha value is -3.26. The van der Waals surface area contributed by atoms with Gasteiger partial charge in [0.2, 0.25) is 17.7 Å². The number of amides is 3. The Morgan fingerprint density at radius 3 is 1.58 bits per heavy atom. The molecular weight excluding hydrogens is 444 g/mol. The Bertz CT molecular complexity index is 740. The molecule has 0 heterocycles. The third-order valence-corrected chi connectivity index (χ3v) is 4.61. The predicted octanol–water partition coefficient (Wildman–Crippen LogP) is -2.38. The minimum absolute atomic E-state index is 0.345. The van der Waals surface area contributed by atoms with Crippen molar-refractivity contribution in [2.45, 2.75) is 76.7 Å². The summed E-state index contributed by atoms with van der Waals surface area (Å²) in [5.74, 6) is -7.26. The number of carboxylic acid groups (broad SMARTS) is 3. The molecule has 0 aliphatic carbocycles. The zero-order valence-corrected chi connectivity index (χ0v) is 18.6. The summed E-state index contributed by atoms with van der Waals surface area (Å²) in [5, 5.41) is 43.0. The lowest BCUT2D eigenvalue weighted by atomic mass is 10.0. The Kier molecular flexibility index (Phi) is 12.6. The quantitative estimate of drug-likeness (QED) is 0.124. The molecule has 14 heteroatoms. The average molecular weight is 476 g/mol. The zero-order chi connectivity index (χ0) is 25.9. The van der Waals surface area contributed by atoms with E-state index in [0.29, 0.717) is 0 Å². The normalized spacial score (nSPS) is 15.5. The standard InChI is InChI=1S/C19H32N4O10/c1-8(2)15(18(31)22-11(19(32)33)5-7-13(27)28)23-16(29)10(4-6-12(25)26)21-17(30)14(20)9(3)24/h8-11,14-15,24H,4-7,20H2,1-3H3,(H,21,30)(H,22,31)(H,23,29)(H,25,26)(H,27,28)(H,32,33). The molecule has 0 fully saturated rings. The second kappa shape index (κ2) is 14.0. The molecule has 0 aromatic heterocycles. The smallest absolute Gasteiger partial charge is 0.326 e. The number of hydrogen-bond acceptors (Lipinski definition) is 8. The maximum absolute atomic E-state index is 12.7. The first-order chi connectivity index (χ1) is 15.2. The molecule has 188 valence electrons. The van der Waals surface area contributed by atoms with Crippen LogP contribution in [0.2, 0.25) is 0 Å². The summed E-state index contributed by atoms with van der Waals surface area (Å²) in [6.45, 7) is 4.34. The lowest BCUT2D eigenvalue weighted by Crippen LogP contribution is -2.59. The number of rotatable bonds is 15. The van der Waals surface area contributed by atoms with E-state index in [4.69, 9.17) is 15.9 Å². The summed E-state index contributed by atoms with van der Waals surface area (Å²) < 4.78 is 0. The van der Waals surface area contributed by atoms with Gasteiger partial charge in [0.1, 0.15) is 24.2 Å². The molecule has 0 rings (SSSR count). The molecule has 0 aliphatic rings. The largest absolute Gasteiger partial charge is 0.481 e. The maximum Gasteiger partial charge on any atom is 0.326 e. The van der Waals surface area contributed by atoms with Gasteiger partial charge in [0.15, 0.2) is 0 Å². The van der Waals surface area contributed by atoms with Crippen LogP contribution < -0.4 is 21.7 Å². The van der Waals surface area contributed by atoms with Gasteiger partial charge in [-0.2, -0.15) is 0 Å². The van der Waals surface area contributed by atoms with Gasteiger partial charge in [0.05, 0.1) is 6.10 Å². The van der Waals surface area contributed by atoms with Crippen molar-refractivity contribution in [2.24, 2.45) is 11.7 Å². The van der Waals surface area contributed by atoms with E-state index in [-0.39, 0.29) is 12.8 Å². The Labute approximate surface area is 189 Å². The second-order valence-corrected chi connectivity index (χ2v) is 7.82. The number of aliphatic hydroxyl groups excluding tert-OH is 1. The number of aliphatic carboxylic acids is 3. The van der Waals surface area contributed by atoms with Gasteiger partial charge in [-0.05, 0) is 25.7 Å². The molecule has 0 saturated heterocycles. The molecule has 5 unspecified atom stereocenters. The van der Waals surface area contributed by atoms with Crippen LogP contribution in [0.4, 0.5) is 0 Å². The van der Waals surface area contributed by atoms with Crippen molar-refractivity contribution in [1.82, 2.24) is 16.0 Å². The van der Waals surface area contributed by atoms with Gasteiger partial charge < -0.3 is 42.1 Å². The lowest BCUT2D eigenvalue weighted by molar-refractivity contribution is -0.143. The molecule has 0 aliphatic heterocycles. The first-order valence-corrected chi connectivity index (χ1v) is 10.2. The average Bonchev–Trinajstić information content (AvgIpc) is 2.70. The molecule has 33 heavy (non-hydrogen) atoms. The number of nitrogens with one attached hydrogen (secondary N) is 3. The van der Waals surface area contributed by atoms with Gasteiger partial charge in [-0.3, -0.25) is 24.0 Å². The van der Waals surface area contributed by atoms with Crippen LogP contribution in [0.1, 0.15) is 46.5 Å². The fourth-order valence-electron chi connectivity index (χ4n) is 2.60. The van der Waals surface area contributed by atoms with Crippen molar-refractivity contribution in [1.29, 1.82) is 0 Å². The van der Waals surface area contributed by atoms with Crippen molar-refractivity contribution >= 4 is 35.6 Å². The van der Waals surface area contributed by atoms with E-state index >= 15 is 0 Å². The molecular formula is C19H32N4O10. The van der Waals surface area contributed by atoms with Crippen molar-refractivity contribution in [2.75, 3.05) is 0 Å². The number of aliphatic hydroxyl groups is 1. The third-order valence-electron chi connectivity index (χ3n) is 4.61. The third kappa shape index (κ3) is 11.2. The van der Waals surface area contributed by atoms with Gasteiger partial charge in [0.25, 0.3) is 0 Å². The number of nitrogens with two attached hydrogens (primary N) is 1. The highest BCUT2D eigenvalue weighted by Crippen LogP contribution is 2.07. The van der Waals surface area contributed by atoms with Gasteiger partial charge in [-0.25, -0.2) is 4.79 Å². The first-order valence-electron chi connectivity index (χ1n) is 10.2. The summed E-state index contributed by atoms with van der Waals surface area (Å²) >= 11 is 0. The zero-order valence-electron chi connectivity index (χ0n) is 18.6. The summed E-state index contributed by atoms with van der Waals surface area (Å²) in [6.07, 6.45) is -2.99. The van der Waals surface area contributed by atoms with Crippen molar-refractivity contribution in [3.05, 3.63) is 0 Å². The molecule has 0 radical (unpaired) electrons. The van der Waals surface area contributed by atoms with E-state index in [9.17, 15) is 39.0 Å². The van der Waals surface area contributed by atoms with Crippen molar-refractivity contribution in [3.8, 4) is 0 Å². The minimum atomic E-state index is -1.52. The van der Waals surface area contributed by atoms with Crippen molar-refractivity contribution in [3.63, 3.8) is 0 Å². The van der Waals surface area contributed by atoms with Crippen LogP contribution in [-0.4, -0.2) is 86.3 Å². The van der Waals surface area contributed by atoms with Gasteiger partial charge in [-0.15, -0.1) is 0 Å². The molecule has 0 aromatic rings. The van der Waals surface area contributed by atoms with Gasteiger partial charge in [0, 0.05) is 12.8 Å². The molecule has 0 bridgehead atoms. The summed E-state index contributed by atoms with van der Waals surface area (Å²) in [7, 11) is 0. The number of carbonyl (C=O) groups is 6. The maximum atomic E-state index is 12.7. The van der Waals surface area contributed by atoms with Crippen LogP contribution in [0, 0.1) is 5.92 Å². The van der Waals surface area contributed by atoms with Crippen LogP contribution >= 0.6 is 0 Å². The van der Waals surface area contributed by atoms with E-state index in [1.165, 1.54) is 6.92 Å². The van der Waals surface area contributed by atoms with E-state index in [1.54, 1.807) is 13.8 Å². The van der Waals surface area contributed by atoms with E-state index in [1.807, 2.05) is 0 Å². The first kappa shape index (κ1) is 29.7. The number of hydrogen-bond donors (Lipinski definition) is 8. The van der Waals surface area contributed by atoms with Crippen LogP contribution in [0.5, 0.6) is 0 Å². The molecule has 0 spiro atoms. The highest BCUT2D eigenvalue weighted by atomic mass is 16.4. The topological polar surface area (TPSA) is 245 Å². The molecule has 3 amide bonds. The van der Waals surface area contributed by atoms with Crippen LogP contribution in [0.15, 0.2) is 0 Å². The SMILES string of the molecule is CC(C)C(NC(=O)C(CCC(=O)O)NC(=O)C(N)C(C)O)C(=O)NC(CCC(=O)O)C(=O)O. The fourth-order valence-corrected chi connectivity index (χ4v) is 2.60. The highest BCUT2D eigenvalue weighted by molar-refractivity contribution is 5.94. The highest BCUT2D eigenvalue weighted by Gasteiger charge is 2.32. The van der Waals surface area contributed by atoms with E-state index in [2.05, 4.69) is 16.0 Å². The van der Waals surface area contributed by atoms with Crippen LogP contribution in [0.3, 0.4) is 0 Å². The second-order valence-electron chi connectivity index (χ2n) is 7.82. The van der Waals surface area contributed by atoms with Crippen LogP contribution in [-0.2, 0) is 28.8 Å². The van der Waals surface area contributed by atoms with Crippen LogP contribution in [0.25, 0.3) is 0 Å². The van der Waals surface area contributed by atoms with Crippen molar-refractivity contribution < 1.29 is 49.2 Å². The van der Waals surface area contributed by atoms with Gasteiger partial charge in [-0.1, -0.05) is 13.8 Å². The summed E-state index contributed by atoms with van der Waals surface area (Å²) in [4.78, 5) is 70.4. The molecule has 0 aromatic carbocycles. The monoisotopic (exact) mass is 476 g/mol. The Morgan fingerprint density at radius 1 is 0.727 bits per heavy atom. The fraction of sp³-hybridized carbons (Fsp3) is 0.684. The minimum Gasteiger partial charge on any atom is -0.481 e.